The van der Waals surface area contributed by atoms with Gasteiger partial charge in [-0.15, -0.1) is 10.2 Å². The third kappa shape index (κ3) is 4.99. The third-order valence-corrected chi connectivity index (χ3v) is 3.43. The van der Waals surface area contributed by atoms with Gasteiger partial charge in [-0.3, -0.25) is 4.79 Å². The number of halogens is 3. The summed E-state index contributed by atoms with van der Waals surface area (Å²) in [6.45, 7) is 2.53. The van der Waals surface area contributed by atoms with Crippen LogP contribution in [-0.2, 0) is 15.7 Å². The molecule has 0 radical (unpaired) electrons. The molecule has 1 N–H and O–H groups in total. The van der Waals surface area contributed by atoms with E-state index in [4.69, 9.17) is 4.74 Å². The Morgan fingerprint density at radius 3 is 2.84 bits per heavy atom. The predicted octanol–water partition coefficient (Wildman–Crippen LogP) is 2.07. The molecule has 0 spiro atoms. The van der Waals surface area contributed by atoms with E-state index in [1.807, 2.05) is 0 Å². The monoisotopic (exact) mass is 357 g/mol. The number of nitrogens with one attached hydrogen (secondary N) is 1. The molecule has 1 aromatic carbocycles. The van der Waals surface area contributed by atoms with Crippen molar-refractivity contribution >= 4 is 5.91 Å². The minimum atomic E-state index is -4.46. The van der Waals surface area contributed by atoms with Gasteiger partial charge in [-0.1, -0.05) is 12.1 Å². The Morgan fingerprint density at radius 2 is 2.16 bits per heavy atom. The van der Waals surface area contributed by atoms with Crippen LogP contribution in [0.15, 0.2) is 24.3 Å². The van der Waals surface area contributed by atoms with Crippen LogP contribution in [0.25, 0.3) is 11.4 Å². The van der Waals surface area contributed by atoms with Crippen LogP contribution in [0, 0.1) is 0 Å². The smallest absolute Gasteiger partial charge is 0.385 e. The van der Waals surface area contributed by atoms with E-state index in [0.717, 1.165) is 16.9 Å². The number of amides is 1. The van der Waals surface area contributed by atoms with Crippen molar-refractivity contribution in [2.75, 3.05) is 20.3 Å². The van der Waals surface area contributed by atoms with E-state index >= 15 is 0 Å². The number of hydrogen-bond acceptors (Lipinski definition) is 5. The van der Waals surface area contributed by atoms with Gasteiger partial charge < -0.3 is 10.1 Å². The standard InChI is InChI=1S/C15H18F3N5O2/c1-10(14(24)19-7-4-8-25-2)23-21-13(20-22-23)11-5-3-6-12(9-11)15(16,17)18/h3,5-6,9-10H,4,7-8H2,1-2H3,(H,19,24). The fourth-order valence-electron chi connectivity index (χ4n) is 2.02. The first kappa shape index (κ1) is 18.8. The van der Waals surface area contributed by atoms with Crippen molar-refractivity contribution in [3.05, 3.63) is 29.8 Å². The quantitative estimate of drug-likeness (QED) is 0.767. The van der Waals surface area contributed by atoms with Crippen LogP contribution >= 0.6 is 0 Å². The summed E-state index contributed by atoms with van der Waals surface area (Å²) in [6.07, 6.45) is -3.80. The molecular weight excluding hydrogens is 339 g/mol. The summed E-state index contributed by atoms with van der Waals surface area (Å²) in [5.74, 6) is -0.297. The molecule has 2 aromatic rings. The summed E-state index contributed by atoms with van der Waals surface area (Å²) in [6, 6.07) is 3.88. The number of carbonyl (C=O) groups excluding carboxylic acids is 1. The Bertz CT molecular complexity index is 717. The van der Waals surface area contributed by atoms with Gasteiger partial charge in [-0.25, -0.2) is 0 Å². The van der Waals surface area contributed by atoms with Gasteiger partial charge in [0, 0.05) is 25.8 Å². The lowest BCUT2D eigenvalue weighted by Gasteiger charge is -2.10. The van der Waals surface area contributed by atoms with E-state index in [2.05, 4.69) is 20.7 Å². The summed E-state index contributed by atoms with van der Waals surface area (Å²) in [4.78, 5) is 13.1. The van der Waals surface area contributed by atoms with Crippen LogP contribution in [0.2, 0.25) is 0 Å². The summed E-state index contributed by atoms with van der Waals surface area (Å²) < 4.78 is 43.2. The molecule has 0 aliphatic rings. The first-order valence-corrected chi connectivity index (χ1v) is 7.56. The Labute approximate surface area is 142 Å². The molecular formula is C15H18F3N5O2. The number of aromatic nitrogens is 4. The van der Waals surface area contributed by atoms with Gasteiger partial charge in [0.25, 0.3) is 0 Å². The zero-order chi connectivity index (χ0) is 18.4. The molecule has 0 saturated heterocycles. The second-order valence-electron chi connectivity index (χ2n) is 5.33. The zero-order valence-corrected chi connectivity index (χ0v) is 13.7. The van der Waals surface area contributed by atoms with Gasteiger partial charge in [0.2, 0.25) is 11.7 Å². The second-order valence-corrected chi connectivity index (χ2v) is 5.33. The fraction of sp³-hybridized carbons (Fsp3) is 0.467. The van der Waals surface area contributed by atoms with Crippen LogP contribution in [0.4, 0.5) is 13.2 Å². The number of carbonyl (C=O) groups is 1. The van der Waals surface area contributed by atoms with E-state index < -0.39 is 17.8 Å². The maximum atomic E-state index is 12.8. The summed E-state index contributed by atoms with van der Waals surface area (Å²) in [5, 5.41) is 14.2. The van der Waals surface area contributed by atoms with Crippen LogP contribution in [0.1, 0.15) is 24.9 Å². The number of benzene rings is 1. The number of hydrogen-bond donors (Lipinski definition) is 1. The molecule has 0 aliphatic carbocycles. The molecule has 1 aromatic heterocycles. The molecule has 0 fully saturated rings. The third-order valence-electron chi connectivity index (χ3n) is 3.43. The fourth-order valence-corrected chi connectivity index (χ4v) is 2.02. The van der Waals surface area contributed by atoms with E-state index in [9.17, 15) is 18.0 Å². The summed E-state index contributed by atoms with van der Waals surface area (Å²) in [7, 11) is 1.57. The first-order chi connectivity index (χ1) is 11.8. The highest BCUT2D eigenvalue weighted by Crippen LogP contribution is 2.31. The molecule has 10 heteroatoms. The molecule has 1 unspecified atom stereocenters. The van der Waals surface area contributed by atoms with Crippen LogP contribution < -0.4 is 5.32 Å². The van der Waals surface area contributed by atoms with Crippen molar-refractivity contribution in [3.63, 3.8) is 0 Å². The Kier molecular flexibility index (Phi) is 6.07. The molecule has 0 aliphatic heterocycles. The average Bonchev–Trinajstić information content (AvgIpc) is 3.07. The van der Waals surface area contributed by atoms with Gasteiger partial charge >= 0.3 is 6.18 Å². The minimum absolute atomic E-state index is 0.0186. The maximum Gasteiger partial charge on any atom is 0.416 e. The van der Waals surface area contributed by atoms with Gasteiger partial charge in [0.15, 0.2) is 0 Å². The van der Waals surface area contributed by atoms with Gasteiger partial charge in [0.05, 0.1) is 5.56 Å². The number of methoxy groups -OCH3 is 1. The normalized spacial score (nSPS) is 12.8. The maximum absolute atomic E-state index is 12.8. The zero-order valence-electron chi connectivity index (χ0n) is 13.7. The predicted molar refractivity (Wildman–Crippen MR) is 82.5 cm³/mol. The molecule has 0 saturated carbocycles. The van der Waals surface area contributed by atoms with Crippen molar-refractivity contribution < 1.29 is 22.7 Å². The van der Waals surface area contributed by atoms with E-state index in [1.165, 1.54) is 12.1 Å². The van der Waals surface area contributed by atoms with Crippen molar-refractivity contribution in [1.29, 1.82) is 0 Å². The van der Waals surface area contributed by atoms with Crippen LogP contribution in [-0.4, -0.2) is 46.4 Å². The Hall–Kier alpha value is -2.49. The largest absolute Gasteiger partial charge is 0.416 e. The molecule has 25 heavy (non-hydrogen) atoms. The lowest BCUT2D eigenvalue weighted by molar-refractivity contribution is -0.137. The first-order valence-electron chi connectivity index (χ1n) is 7.56. The molecule has 2 rings (SSSR count). The number of alkyl halides is 3. The van der Waals surface area contributed by atoms with Crippen molar-refractivity contribution in [2.45, 2.75) is 25.6 Å². The number of nitrogens with zero attached hydrogens (tertiary/aromatic N) is 4. The van der Waals surface area contributed by atoms with Crippen molar-refractivity contribution in [3.8, 4) is 11.4 Å². The minimum Gasteiger partial charge on any atom is -0.385 e. The lowest BCUT2D eigenvalue weighted by atomic mass is 10.1. The molecule has 0 bridgehead atoms. The van der Waals surface area contributed by atoms with Crippen molar-refractivity contribution in [2.24, 2.45) is 0 Å². The molecule has 136 valence electrons. The van der Waals surface area contributed by atoms with Gasteiger partial charge in [0.1, 0.15) is 6.04 Å². The number of rotatable bonds is 7. The topological polar surface area (TPSA) is 81.9 Å². The molecule has 1 atom stereocenters. The highest BCUT2D eigenvalue weighted by molar-refractivity contribution is 5.79. The Balaban J connectivity index is 2.08. The Morgan fingerprint density at radius 1 is 1.40 bits per heavy atom. The number of tetrazole rings is 1. The summed E-state index contributed by atoms with van der Waals surface area (Å²) >= 11 is 0. The van der Waals surface area contributed by atoms with Crippen LogP contribution in [0.3, 0.4) is 0 Å². The van der Waals surface area contributed by atoms with Crippen molar-refractivity contribution in [1.82, 2.24) is 25.5 Å². The molecule has 1 heterocycles. The molecule has 7 nitrogen and oxygen atoms in total. The number of ether oxygens (including phenoxy) is 1. The molecule has 1 amide bonds. The highest BCUT2D eigenvalue weighted by Gasteiger charge is 2.30. The average molecular weight is 357 g/mol. The lowest BCUT2D eigenvalue weighted by Crippen LogP contribution is -2.33. The van der Waals surface area contributed by atoms with E-state index in [-0.39, 0.29) is 17.3 Å². The van der Waals surface area contributed by atoms with E-state index in [1.54, 1.807) is 14.0 Å². The SMILES string of the molecule is COCCCNC(=O)C(C)n1nnc(-c2cccc(C(F)(F)F)c2)n1. The second kappa shape index (κ2) is 8.06. The van der Waals surface area contributed by atoms with Gasteiger partial charge in [-0.05, 0) is 30.7 Å². The van der Waals surface area contributed by atoms with Crippen LogP contribution in [0.5, 0.6) is 0 Å². The summed E-state index contributed by atoms with van der Waals surface area (Å²) in [5.41, 5.74) is -0.626. The van der Waals surface area contributed by atoms with E-state index in [0.29, 0.717) is 19.6 Å². The van der Waals surface area contributed by atoms with Gasteiger partial charge in [-0.2, -0.15) is 18.0 Å². The highest BCUT2D eigenvalue weighted by atomic mass is 19.4.